The standard InChI is InChI=1S/C16H23NS2/c1-3-10-17-15(8-7-14-6-5-11-18-14)16-13(4-2)9-12-19-16/h5-6,9,11-12,15,17H,3-4,7-8,10H2,1-2H3. The molecular weight excluding hydrogens is 270 g/mol. The van der Waals surface area contributed by atoms with Crippen LogP contribution in [0.2, 0.25) is 0 Å². The molecule has 2 rings (SSSR count). The molecule has 2 heterocycles. The summed E-state index contributed by atoms with van der Waals surface area (Å²) in [6, 6.07) is 7.21. The van der Waals surface area contributed by atoms with Crippen LogP contribution in [0.4, 0.5) is 0 Å². The van der Waals surface area contributed by atoms with Crippen molar-refractivity contribution in [1.82, 2.24) is 5.32 Å². The minimum absolute atomic E-state index is 0.525. The van der Waals surface area contributed by atoms with Crippen LogP contribution in [-0.4, -0.2) is 6.54 Å². The van der Waals surface area contributed by atoms with Crippen LogP contribution in [0.5, 0.6) is 0 Å². The van der Waals surface area contributed by atoms with E-state index in [2.05, 4.69) is 48.1 Å². The molecule has 0 aromatic carbocycles. The fraction of sp³-hybridized carbons (Fsp3) is 0.500. The topological polar surface area (TPSA) is 12.0 Å². The minimum Gasteiger partial charge on any atom is -0.309 e. The van der Waals surface area contributed by atoms with E-state index < -0.39 is 0 Å². The largest absolute Gasteiger partial charge is 0.309 e. The SMILES string of the molecule is CCCNC(CCc1cccs1)c1sccc1CC. The second kappa shape index (κ2) is 7.83. The van der Waals surface area contributed by atoms with E-state index in [0.717, 1.165) is 13.0 Å². The predicted octanol–water partition coefficient (Wildman–Crippen LogP) is 5.05. The molecule has 0 aliphatic heterocycles. The van der Waals surface area contributed by atoms with Crippen LogP contribution in [0.1, 0.15) is 48.0 Å². The molecule has 3 heteroatoms. The van der Waals surface area contributed by atoms with Crippen molar-refractivity contribution in [3.05, 3.63) is 44.3 Å². The first kappa shape index (κ1) is 14.8. The normalized spacial score (nSPS) is 12.7. The Morgan fingerprint density at radius 2 is 2.05 bits per heavy atom. The highest BCUT2D eigenvalue weighted by atomic mass is 32.1. The summed E-state index contributed by atoms with van der Waals surface area (Å²) in [6.45, 7) is 5.59. The van der Waals surface area contributed by atoms with Crippen molar-refractivity contribution in [2.24, 2.45) is 0 Å². The van der Waals surface area contributed by atoms with Gasteiger partial charge in [-0.15, -0.1) is 22.7 Å². The van der Waals surface area contributed by atoms with Gasteiger partial charge in [-0.25, -0.2) is 0 Å². The number of rotatable bonds is 8. The van der Waals surface area contributed by atoms with Crippen LogP contribution in [0.3, 0.4) is 0 Å². The lowest BCUT2D eigenvalue weighted by Crippen LogP contribution is -2.22. The zero-order valence-corrected chi connectivity index (χ0v) is 13.4. The van der Waals surface area contributed by atoms with Crippen LogP contribution in [0.25, 0.3) is 0 Å². The van der Waals surface area contributed by atoms with Gasteiger partial charge in [0, 0.05) is 15.8 Å². The van der Waals surface area contributed by atoms with E-state index in [-0.39, 0.29) is 0 Å². The summed E-state index contributed by atoms with van der Waals surface area (Å²) >= 11 is 3.78. The van der Waals surface area contributed by atoms with Gasteiger partial charge in [-0.3, -0.25) is 0 Å². The number of hydrogen-bond donors (Lipinski definition) is 1. The Balaban J connectivity index is 2.02. The molecule has 2 aromatic rings. The van der Waals surface area contributed by atoms with E-state index in [1.807, 2.05) is 22.7 Å². The van der Waals surface area contributed by atoms with Crippen LogP contribution in [0.15, 0.2) is 29.0 Å². The summed E-state index contributed by atoms with van der Waals surface area (Å²) in [5.74, 6) is 0. The Morgan fingerprint density at radius 1 is 1.16 bits per heavy atom. The maximum absolute atomic E-state index is 3.72. The fourth-order valence-electron chi connectivity index (χ4n) is 2.33. The highest BCUT2D eigenvalue weighted by Gasteiger charge is 2.15. The van der Waals surface area contributed by atoms with Gasteiger partial charge in [0.15, 0.2) is 0 Å². The van der Waals surface area contributed by atoms with E-state index >= 15 is 0 Å². The van der Waals surface area contributed by atoms with Crippen molar-refractivity contribution >= 4 is 22.7 Å². The Morgan fingerprint density at radius 3 is 2.74 bits per heavy atom. The molecule has 0 bridgehead atoms. The Kier molecular flexibility index (Phi) is 6.08. The molecule has 1 N–H and O–H groups in total. The third-order valence-electron chi connectivity index (χ3n) is 3.38. The van der Waals surface area contributed by atoms with E-state index in [4.69, 9.17) is 0 Å². The minimum atomic E-state index is 0.525. The summed E-state index contributed by atoms with van der Waals surface area (Å²) in [7, 11) is 0. The molecule has 1 atom stereocenters. The molecule has 0 saturated heterocycles. The van der Waals surface area contributed by atoms with Crippen LogP contribution in [0, 0.1) is 0 Å². The number of nitrogens with one attached hydrogen (secondary N) is 1. The molecule has 0 aliphatic carbocycles. The second-order valence-electron chi connectivity index (χ2n) is 4.79. The molecule has 0 spiro atoms. The highest BCUT2D eigenvalue weighted by molar-refractivity contribution is 7.10. The number of hydrogen-bond acceptors (Lipinski definition) is 3. The smallest absolute Gasteiger partial charge is 0.0421 e. The molecule has 0 aliphatic rings. The van der Waals surface area contributed by atoms with E-state index in [1.54, 1.807) is 4.88 Å². The summed E-state index contributed by atoms with van der Waals surface area (Å²) in [6.07, 6.45) is 4.72. The van der Waals surface area contributed by atoms with Crippen molar-refractivity contribution < 1.29 is 0 Å². The summed E-state index contributed by atoms with van der Waals surface area (Å²) < 4.78 is 0. The first-order valence-corrected chi connectivity index (χ1v) is 8.93. The monoisotopic (exact) mass is 293 g/mol. The molecule has 1 nitrogen and oxygen atoms in total. The predicted molar refractivity (Wildman–Crippen MR) is 87.4 cm³/mol. The van der Waals surface area contributed by atoms with Gasteiger partial charge in [0.05, 0.1) is 0 Å². The lowest BCUT2D eigenvalue weighted by molar-refractivity contribution is 0.505. The van der Waals surface area contributed by atoms with Gasteiger partial charge >= 0.3 is 0 Å². The van der Waals surface area contributed by atoms with Crippen molar-refractivity contribution in [2.75, 3.05) is 6.54 Å². The van der Waals surface area contributed by atoms with Gasteiger partial charge in [0.2, 0.25) is 0 Å². The van der Waals surface area contributed by atoms with E-state index in [9.17, 15) is 0 Å². The van der Waals surface area contributed by atoms with Gasteiger partial charge < -0.3 is 5.32 Å². The zero-order chi connectivity index (χ0) is 13.5. The van der Waals surface area contributed by atoms with Gasteiger partial charge in [0.25, 0.3) is 0 Å². The van der Waals surface area contributed by atoms with Crippen LogP contribution < -0.4 is 5.32 Å². The highest BCUT2D eigenvalue weighted by Crippen LogP contribution is 2.29. The van der Waals surface area contributed by atoms with Gasteiger partial charge in [-0.1, -0.05) is 19.9 Å². The lowest BCUT2D eigenvalue weighted by Gasteiger charge is -2.18. The average molecular weight is 294 g/mol. The molecule has 19 heavy (non-hydrogen) atoms. The summed E-state index contributed by atoms with van der Waals surface area (Å²) in [5, 5.41) is 8.13. The first-order chi connectivity index (χ1) is 9.35. The second-order valence-corrected chi connectivity index (χ2v) is 6.77. The quantitative estimate of drug-likeness (QED) is 0.718. The molecule has 0 fully saturated rings. The van der Waals surface area contributed by atoms with Crippen molar-refractivity contribution in [3.8, 4) is 0 Å². The molecule has 2 aromatic heterocycles. The van der Waals surface area contributed by atoms with Crippen molar-refractivity contribution in [3.63, 3.8) is 0 Å². The summed E-state index contributed by atoms with van der Waals surface area (Å²) in [4.78, 5) is 3.05. The average Bonchev–Trinajstić information content (AvgIpc) is 3.09. The first-order valence-electron chi connectivity index (χ1n) is 7.17. The van der Waals surface area contributed by atoms with Gasteiger partial charge in [-0.2, -0.15) is 0 Å². The Labute approximate surface area is 124 Å². The molecule has 0 saturated carbocycles. The van der Waals surface area contributed by atoms with E-state index in [1.165, 1.54) is 29.7 Å². The van der Waals surface area contributed by atoms with Crippen molar-refractivity contribution in [1.29, 1.82) is 0 Å². The lowest BCUT2D eigenvalue weighted by atomic mass is 10.0. The van der Waals surface area contributed by atoms with Crippen LogP contribution >= 0.6 is 22.7 Å². The Bertz CT molecular complexity index is 459. The van der Waals surface area contributed by atoms with Crippen LogP contribution in [-0.2, 0) is 12.8 Å². The molecule has 1 unspecified atom stereocenters. The molecular formula is C16H23NS2. The molecule has 0 amide bonds. The van der Waals surface area contributed by atoms with Gasteiger partial charge in [0.1, 0.15) is 0 Å². The Hall–Kier alpha value is -0.640. The third kappa shape index (κ3) is 4.16. The summed E-state index contributed by atoms with van der Waals surface area (Å²) in [5.41, 5.74) is 1.52. The number of aryl methyl sites for hydroxylation is 2. The maximum atomic E-state index is 3.72. The molecule has 0 radical (unpaired) electrons. The maximum Gasteiger partial charge on any atom is 0.0421 e. The van der Waals surface area contributed by atoms with Crippen molar-refractivity contribution in [2.45, 2.75) is 45.6 Å². The van der Waals surface area contributed by atoms with E-state index in [0.29, 0.717) is 6.04 Å². The fourth-order valence-corrected chi connectivity index (χ4v) is 4.16. The number of thiophene rings is 2. The third-order valence-corrected chi connectivity index (χ3v) is 5.39. The van der Waals surface area contributed by atoms with Gasteiger partial charge in [-0.05, 0) is 60.7 Å². The molecule has 104 valence electrons. The zero-order valence-electron chi connectivity index (χ0n) is 11.8.